The molecule has 1 rings (SSSR count). The minimum atomic E-state index is -0.643. The van der Waals surface area contributed by atoms with Crippen molar-refractivity contribution in [3.05, 3.63) is 29.6 Å². The molecule has 2 N–H and O–H groups in total. The summed E-state index contributed by atoms with van der Waals surface area (Å²) in [5, 5.41) is 17.5. The van der Waals surface area contributed by atoms with E-state index in [1.165, 1.54) is 12.1 Å². The molecule has 0 saturated carbocycles. The van der Waals surface area contributed by atoms with E-state index < -0.39 is 5.82 Å². The van der Waals surface area contributed by atoms with Crippen LogP contribution in [0.5, 0.6) is 5.75 Å². The fourth-order valence-corrected chi connectivity index (χ4v) is 0.882. The molecule has 11 heavy (non-hydrogen) atoms. The zero-order chi connectivity index (χ0) is 8.27. The molecule has 0 bridgehead atoms. The van der Waals surface area contributed by atoms with E-state index in [2.05, 4.69) is 0 Å². The quantitative estimate of drug-likeness (QED) is 0.672. The summed E-state index contributed by atoms with van der Waals surface area (Å²) in [5.74, 6) is -1.00. The number of rotatable bonds is 2. The van der Waals surface area contributed by atoms with Crippen LogP contribution in [0.15, 0.2) is 18.2 Å². The number of para-hydroxylation sites is 1. The Hall–Kier alpha value is -1.09. The molecule has 0 heterocycles. The van der Waals surface area contributed by atoms with Crippen LogP contribution >= 0.6 is 0 Å². The van der Waals surface area contributed by atoms with Crippen LogP contribution in [0.3, 0.4) is 0 Å². The molecule has 0 fully saturated rings. The Kier molecular flexibility index (Phi) is 2.44. The van der Waals surface area contributed by atoms with Crippen LogP contribution in [0.4, 0.5) is 4.39 Å². The smallest absolute Gasteiger partial charge is 0.165 e. The number of benzene rings is 1. The van der Waals surface area contributed by atoms with Gasteiger partial charge in [-0.25, -0.2) is 4.39 Å². The van der Waals surface area contributed by atoms with Crippen molar-refractivity contribution in [3.63, 3.8) is 0 Å². The number of hydrogen-bond acceptors (Lipinski definition) is 2. The molecule has 0 aliphatic carbocycles. The second kappa shape index (κ2) is 3.34. The first-order valence-corrected chi connectivity index (χ1v) is 3.33. The first kappa shape index (κ1) is 8.01. The van der Waals surface area contributed by atoms with E-state index in [1.54, 1.807) is 6.07 Å². The highest BCUT2D eigenvalue weighted by molar-refractivity contribution is 5.33. The molecular formula is C8H9FO2. The van der Waals surface area contributed by atoms with Gasteiger partial charge in [0, 0.05) is 6.61 Å². The number of halogens is 1. The Morgan fingerprint density at radius 3 is 2.73 bits per heavy atom. The summed E-state index contributed by atoms with van der Waals surface area (Å²) in [6.07, 6.45) is 0.281. The molecule has 0 aliphatic heterocycles. The van der Waals surface area contributed by atoms with Gasteiger partial charge < -0.3 is 10.2 Å². The average Bonchev–Trinajstić information content (AvgIpc) is 1.99. The van der Waals surface area contributed by atoms with Crippen LogP contribution < -0.4 is 0 Å². The van der Waals surface area contributed by atoms with Gasteiger partial charge in [0.1, 0.15) is 0 Å². The lowest BCUT2D eigenvalue weighted by atomic mass is 10.1. The highest BCUT2D eigenvalue weighted by atomic mass is 19.1. The molecule has 0 atom stereocenters. The van der Waals surface area contributed by atoms with E-state index >= 15 is 0 Å². The van der Waals surface area contributed by atoms with Crippen LogP contribution in [0.1, 0.15) is 5.56 Å². The van der Waals surface area contributed by atoms with Gasteiger partial charge in [0.25, 0.3) is 0 Å². The predicted octanol–water partition coefficient (Wildman–Crippen LogP) is 1.07. The molecule has 0 spiro atoms. The van der Waals surface area contributed by atoms with Crippen LogP contribution in [0, 0.1) is 5.82 Å². The average molecular weight is 156 g/mol. The molecule has 1 aromatic carbocycles. The first-order valence-electron chi connectivity index (χ1n) is 3.33. The van der Waals surface area contributed by atoms with Gasteiger partial charge in [0.05, 0.1) is 0 Å². The van der Waals surface area contributed by atoms with E-state index in [1.807, 2.05) is 0 Å². The monoisotopic (exact) mass is 156 g/mol. The lowest BCUT2D eigenvalue weighted by molar-refractivity contribution is 0.296. The van der Waals surface area contributed by atoms with E-state index in [9.17, 15) is 4.39 Å². The summed E-state index contributed by atoms with van der Waals surface area (Å²) >= 11 is 0. The molecule has 0 amide bonds. The summed E-state index contributed by atoms with van der Waals surface area (Å²) in [6, 6.07) is 4.25. The van der Waals surface area contributed by atoms with Crippen molar-refractivity contribution in [2.24, 2.45) is 0 Å². The number of aromatic hydroxyl groups is 1. The van der Waals surface area contributed by atoms with E-state index in [0.717, 1.165) is 0 Å². The second-order valence-corrected chi connectivity index (χ2v) is 2.22. The number of phenols is 1. The van der Waals surface area contributed by atoms with Gasteiger partial charge in [-0.2, -0.15) is 0 Å². The third kappa shape index (κ3) is 1.68. The standard InChI is InChI=1S/C8H9FO2/c9-7-3-1-2-6(4-5-10)8(7)11/h1-3,10-11H,4-5H2. The minimum absolute atomic E-state index is 0.0863. The molecule has 0 aromatic heterocycles. The molecular weight excluding hydrogens is 147 g/mol. The molecule has 3 heteroatoms. The van der Waals surface area contributed by atoms with Crippen molar-refractivity contribution in [2.45, 2.75) is 6.42 Å². The van der Waals surface area contributed by atoms with Gasteiger partial charge in [-0.05, 0) is 18.1 Å². The van der Waals surface area contributed by atoms with Crippen molar-refractivity contribution in [1.82, 2.24) is 0 Å². The van der Waals surface area contributed by atoms with Gasteiger partial charge in [-0.15, -0.1) is 0 Å². The second-order valence-electron chi connectivity index (χ2n) is 2.22. The van der Waals surface area contributed by atoms with Crippen molar-refractivity contribution in [1.29, 1.82) is 0 Å². The maximum Gasteiger partial charge on any atom is 0.165 e. The topological polar surface area (TPSA) is 40.5 Å². The SMILES string of the molecule is OCCc1cccc(F)c1O. The van der Waals surface area contributed by atoms with Gasteiger partial charge in [-0.3, -0.25) is 0 Å². The molecule has 0 radical (unpaired) electrons. The van der Waals surface area contributed by atoms with Gasteiger partial charge in [0.15, 0.2) is 11.6 Å². The van der Waals surface area contributed by atoms with E-state index in [0.29, 0.717) is 5.56 Å². The maximum absolute atomic E-state index is 12.6. The van der Waals surface area contributed by atoms with E-state index in [4.69, 9.17) is 10.2 Å². The molecule has 0 saturated heterocycles. The molecule has 60 valence electrons. The zero-order valence-corrected chi connectivity index (χ0v) is 5.92. The molecule has 2 nitrogen and oxygen atoms in total. The third-order valence-corrected chi connectivity index (χ3v) is 1.45. The third-order valence-electron chi connectivity index (χ3n) is 1.45. The Bertz CT molecular complexity index is 248. The number of hydrogen-bond donors (Lipinski definition) is 2. The number of aliphatic hydroxyl groups excluding tert-OH is 1. The fourth-order valence-electron chi connectivity index (χ4n) is 0.882. The lowest BCUT2D eigenvalue weighted by Gasteiger charge is -2.01. The van der Waals surface area contributed by atoms with Crippen molar-refractivity contribution in [2.75, 3.05) is 6.61 Å². The summed E-state index contributed by atoms with van der Waals surface area (Å²) in [4.78, 5) is 0. The number of aliphatic hydroxyl groups is 1. The zero-order valence-electron chi connectivity index (χ0n) is 5.92. The molecule has 0 aliphatic rings. The Labute approximate surface area is 63.9 Å². The largest absolute Gasteiger partial charge is 0.505 e. The van der Waals surface area contributed by atoms with Crippen LogP contribution in [-0.2, 0) is 6.42 Å². The highest BCUT2D eigenvalue weighted by Gasteiger charge is 2.04. The lowest BCUT2D eigenvalue weighted by Crippen LogP contribution is -1.92. The van der Waals surface area contributed by atoms with Crippen molar-refractivity contribution >= 4 is 0 Å². The van der Waals surface area contributed by atoms with Gasteiger partial charge >= 0.3 is 0 Å². The Morgan fingerprint density at radius 2 is 2.09 bits per heavy atom. The van der Waals surface area contributed by atoms with Crippen LogP contribution in [-0.4, -0.2) is 16.8 Å². The summed E-state index contributed by atoms with van der Waals surface area (Å²) in [6.45, 7) is -0.0863. The summed E-state index contributed by atoms with van der Waals surface area (Å²) < 4.78 is 12.6. The van der Waals surface area contributed by atoms with Crippen molar-refractivity contribution in [3.8, 4) is 5.75 Å². The van der Waals surface area contributed by atoms with Crippen LogP contribution in [0.2, 0.25) is 0 Å². The van der Waals surface area contributed by atoms with Gasteiger partial charge in [-0.1, -0.05) is 12.1 Å². The normalized spacial score (nSPS) is 10.0. The maximum atomic E-state index is 12.6. The highest BCUT2D eigenvalue weighted by Crippen LogP contribution is 2.20. The minimum Gasteiger partial charge on any atom is -0.505 e. The molecule has 0 unspecified atom stereocenters. The van der Waals surface area contributed by atoms with E-state index in [-0.39, 0.29) is 18.8 Å². The Balaban J connectivity index is 2.96. The van der Waals surface area contributed by atoms with Gasteiger partial charge in [0.2, 0.25) is 0 Å². The molecule has 1 aromatic rings. The van der Waals surface area contributed by atoms with Crippen LogP contribution in [0.25, 0.3) is 0 Å². The summed E-state index contributed by atoms with van der Waals surface area (Å²) in [7, 11) is 0. The van der Waals surface area contributed by atoms with Crippen molar-refractivity contribution < 1.29 is 14.6 Å². The first-order chi connectivity index (χ1) is 5.25. The number of phenolic OH excluding ortho intramolecular Hbond substituents is 1. The fraction of sp³-hybridized carbons (Fsp3) is 0.250. The summed E-state index contributed by atoms with van der Waals surface area (Å²) in [5.41, 5.74) is 0.438. The Morgan fingerprint density at radius 1 is 1.36 bits per heavy atom. The predicted molar refractivity (Wildman–Crippen MR) is 38.9 cm³/mol.